The van der Waals surface area contributed by atoms with Gasteiger partial charge in [0.25, 0.3) is 0 Å². The van der Waals surface area contributed by atoms with Gasteiger partial charge in [0.1, 0.15) is 0 Å². The van der Waals surface area contributed by atoms with Crippen molar-refractivity contribution in [1.82, 2.24) is 39.0 Å². The third-order valence-electron chi connectivity index (χ3n) is 7.28. The van der Waals surface area contributed by atoms with E-state index < -0.39 is 6.29 Å². The van der Waals surface area contributed by atoms with Gasteiger partial charge < -0.3 is 46.2 Å². The Morgan fingerprint density at radius 2 is 1.26 bits per heavy atom. The molecule has 224 valence electrons. The Kier molecular flexibility index (Phi) is 7.10. The Hall–Kier alpha value is -3.90. The molecule has 4 atom stereocenters. The molecule has 0 bridgehead atoms. The van der Waals surface area contributed by atoms with Gasteiger partial charge in [-0.2, -0.15) is 19.9 Å². The number of nitrogens with two attached hydrogens (primary N) is 2. The Morgan fingerprint density at radius 1 is 0.786 bits per heavy atom. The number of anilines is 4. The summed E-state index contributed by atoms with van der Waals surface area (Å²) in [7, 11) is 0. The average Bonchev–Trinajstić information content (AvgIpc) is 3.70. The summed E-state index contributed by atoms with van der Waals surface area (Å²) < 4.78 is 25.9. The number of nitrogens with one attached hydrogen (secondary N) is 2. The van der Waals surface area contributed by atoms with Gasteiger partial charge in [-0.3, -0.25) is 9.13 Å². The summed E-state index contributed by atoms with van der Waals surface area (Å²) >= 11 is 0. The van der Waals surface area contributed by atoms with E-state index in [9.17, 15) is 0 Å². The first-order valence-electron chi connectivity index (χ1n) is 14.2. The summed E-state index contributed by atoms with van der Waals surface area (Å²) in [6.45, 7) is 2.65. The number of hydrogen-bond acceptors (Lipinski definition) is 15. The Labute approximate surface area is 239 Å². The second kappa shape index (κ2) is 11.1. The molecule has 2 saturated heterocycles. The van der Waals surface area contributed by atoms with Crippen LogP contribution in [0.5, 0.6) is 0 Å². The lowest BCUT2D eigenvalue weighted by Gasteiger charge is -2.12. The first kappa shape index (κ1) is 27.0. The Bertz CT molecular complexity index is 1450. The van der Waals surface area contributed by atoms with E-state index in [2.05, 4.69) is 40.5 Å². The number of ether oxygens (including phenoxy) is 4. The Balaban J connectivity index is 0.000000137. The summed E-state index contributed by atoms with van der Waals surface area (Å²) in [4.78, 5) is 25.8. The highest BCUT2D eigenvalue weighted by molar-refractivity contribution is 5.85. The summed E-state index contributed by atoms with van der Waals surface area (Å²) in [5.74, 6) is 1.77. The van der Waals surface area contributed by atoms with E-state index in [0.717, 1.165) is 37.6 Å². The summed E-state index contributed by atoms with van der Waals surface area (Å²) in [6, 6.07) is 0.917. The molecular formula is C25H34N12O5. The van der Waals surface area contributed by atoms with Crippen molar-refractivity contribution in [3.8, 4) is 0 Å². The van der Waals surface area contributed by atoms with Crippen molar-refractivity contribution < 1.29 is 24.1 Å². The summed E-state index contributed by atoms with van der Waals surface area (Å²) in [6.07, 6.45) is 7.34. The van der Waals surface area contributed by atoms with Gasteiger partial charge in [0.05, 0.1) is 32.5 Å². The first-order valence-corrected chi connectivity index (χ1v) is 14.2. The second-order valence-corrected chi connectivity index (χ2v) is 10.6. The van der Waals surface area contributed by atoms with Gasteiger partial charge >= 0.3 is 0 Å². The van der Waals surface area contributed by atoms with Crippen LogP contribution in [0.15, 0.2) is 12.7 Å². The number of imidazole rings is 2. The fraction of sp³-hybridized carbons (Fsp3) is 0.600. The molecule has 4 fully saturated rings. The largest absolute Gasteiger partial charge is 0.391 e. The van der Waals surface area contributed by atoms with Gasteiger partial charge in [-0.1, -0.05) is 6.92 Å². The van der Waals surface area contributed by atoms with Crippen LogP contribution >= 0.6 is 0 Å². The number of aliphatic hydroxyl groups is 1. The van der Waals surface area contributed by atoms with Crippen LogP contribution in [0.1, 0.15) is 51.5 Å². The maximum atomic E-state index is 9.06. The number of rotatable bonds is 8. The van der Waals surface area contributed by atoms with Crippen LogP contribution in [0.4, 0.5) is 23.5 Å². The molecule has 42 heavy (non-hydrogen) atoms. The molecule has 0 unspecified atom stereocenters. The number of aromatic nitrogens is 8. The number of fused-ring (bicyclic) bond motifs is 2. The van der Waals surface area contributed by atoms with Gasteiger partial charge in [0, 0.05) is 12.1 Å². The van der Waals surface area contributed by atoms with Crippen LogP contribution in [-0.2, 0) is 18.9 Å². The minimum absolute atomic E-state index is 0.171. The smallest absolute Gasteiger partial charge is 0.224 e. The van der Waals surface area contributed by atoms with Crippen LogP contribution in [0, 0.1) is 0 Å². The van der Waals surface area contributed by atoms with Gasteiger partial charge in [-0.05, 0) is 32.1 Å². The quantitative estimate of drug-likeness (QED) is 0.196. The predicted octanol–water partition coefficient (Wildman–Crippen LogP) is 1.11. The molecule has 8 rings (SSSR count). The van der Waals surface area contributed by atoms with E-state index in [1.807, 2.05) is 11.5 Å². The Morgan fingerprint density at radius 3 is 1.67 bits per heavy atom. The van der Waals surface area contributed by atoms with Crippen molar-refractivity contribution in [2.45, 2.75) is 76.1 Å². The minimum Gasteiger partial charge on any atom is -0.391 e. The fourth-order valence-corrected chi connectivity index (χ4v) is 4.82. The third-order valence-corrected chi connectivity index (χ3v) is 7.28. The number of nitrogen functional groups attached to an aromatic ring is 2. The van der Waals surface area contributed by atoms with Crippen LogP contribution in [0.25, 0.3) is 22.3 Å². The number of nitrogens with zero attached hydrogens (tertiary/aromatic N) is 8. The topological polar surface area (TPSA) is 220 Å². The van der Waals surface area contributed by atoms with E-state index >= 15 is 0 Å². The molecule has 6 heterocycles. The highest BCUT2D eigenvalue weighted by atomic mass is 16.7. The maximum absolute atomic E-state index is 9.06. The minimum atomic E-state index is -0.615. The lowest BCUT2D eigenvalue weighted by molar-refractivity contribution is -0.0980. The zero-order valence-corrected chi connectivity index (χ0v) is 23.1. The molecular weight excluding hydrogens is 548 g/mol. The normalized spacial score (nSPS) is 25.6. The molecule has 0 aromatic carbocycles. The molecule has 2 saturated carbocycles. The van der Waals surface area contributed by atoms with Crippen LogP contribution in [-0.4, -0.2) is 88.6 Å². The highest BCUT2D eigenvalue weighted by Gasteiger charge is 2.31. The van der Waals surface area contributed by atoms with Crippen LogP contribution < -0.4 is 22.1 Å². The van der Waals surface area contributed by atoms with Crippen molar-refractivity contribution in [3.05, 3.63) is 12.7 Å². The van der Waals surface area contributed by atoms with Gasteiger partial charge in [-0.15, -0.1) is 0 Å². The molecule has 4 aromatic heterocycles. The van der Waals surface area contributed by atoms with Crippen molar-refractivity contribution in [2.75, 3.05) is 41.9 Å². The van der Waals surface area contributed by atoms with E-state index in [-0.39, 0.29) is 37.2 Å². The molecule has 17 nitrogen and oxygen atoms in total. The second-order valence-electron chi connectivity index (χ2n) is 10.6. The van der Waals surface area contributed by atoms with Gasteiger partial charge in [-0.25, -0.2) is 9.97 Å². The molecule has 0 spiro atoms. The molecule has 4 aliphatic rings. The van der Waals surface area contributed by atoms with Gasteiger partial charge in [0.15, 0.2) is 59.0 Å². The van der Waals surface area contributed by atoms with Crippen molar-refractivity contribution in [1.29, 1.82) is 0 Å². The predicted molar refractivity (Wildman–Crippen MR) is 150 cm³/mol. The molecule has 7 N–H and O–H groups in total. The van der Waals surface area contributed by atoms with E-state index in [1.54, 1.807) is 17.2 Å². The lowest BCUT2D eigenvalue weighted by atomic mass is 10.4. The monoisotopic (exact) mass is 582 g/mol. The van der Waals surface area contributed by atoms with E-state index in [4.69, 9.17) is 35.5 Å². The van der Waals surface area contributed by atoms with E-state index in [1.165, 1.54) is 0 Å². The molecule has 17 heteroatoms. The van der Waals surface area contributed by atoms with Crippen molar-refractivity contribution in [3.63, 3.8) is 0 Å². The van der Waals surface area contributed by atoms with Crippen molar-refractivity contribution >= 4 is 45.9 Å². The highest BCUT2D eigenvalue weighted by Crippen LogP contribution is 2.32. The van der Waals surface area contributed by atoms with E-state index in [0.29, 0.717) is 53.7 Å². The maximum Gasteiger partial charge on any atom is 0.224 e. The molecule has 2 aliphatic carbocycles. The summed E-state index contributed by atoms with van der Waals surface area (Å²) in [5, 5.41) is 15.7. The van der Waals surface area contributed by atoms with Crippen LogP contribution in [0.3, 0.4) is 0 Å². The zero-order chi connectivity index (χ0) is 28.8. The lowest BCUT2D eigenvalue weighted by Crippen LogP contribution is -2.15. The van der Waals surface area contributed by atoms with Gasteiger partial charge in [0.2, 0.25) is 11.9 Å². The van der Waals surface area contributed by atoms with Crippen molar-refractivity contribution in [2.24, 2.45) is 0 Å². The summed E-state index contributed by atoms with van der Waals surface area (Å²) in [5.41, 5.74) is 14.3. The molecule has 4 aromatic rings. The zero-order valence-electron chi connectivity index (χ0n) is 23.1. The molecule has 0 radical (unpaired) electrons. The average molecular weight is 583 g/mol. The molecule has 0 amide bonds. The standard InChI is InChI=1S/C13H18N6O2.C12H16N6O3/c1-2-9-20-5-8(21-9)19-6-15-10-11(16-7-3-4-7)17-13(14)18-12(10)19;13-12-16-10(15-6-1-2-6)9-11(17-12)18(5-14-9)7-4-20-8(3-19)21-7/h6-9H,2-5H2,1H3,(H3,14,16,17,18);5-8,19H,1-4H2,(H3,13,15,16,17)/t8-,9-;7-,8-/m11/s1. The fourth-order valence-electron chi connectivity index (χ4n) is 4.82. The van der Waals surface area contributed by atoms with Crippen LogP contribution in [0.2, 0.25) is 0 Å². The first-order chi connectivity index (χ1) is 20.5. The third kappa shape index (κ3) is 5.48. The number of aliphatic hydroxyl groups excluding tert-OH is 1. The molecule has 2 aliphatic heterocycles. The SMILES string of the molecule is CC[C@@H]1OC[C@H](n2cnc3c(NC4CC4)nc(N)nc32)O1.Nc1nc(NC2CC2)c2ncn([C@H]3CO[C@@H](CO)O3)c2n1. The number of hydrogen-bond donors (Lipinski definition) is 5.